The molecule has 0 aliphatic rings. The summed E-state index contributed by atoms with van der Waals surface area (Å²) in [6.07, 6.45) is 1.48. The average molecular weight is 323 g/mol. The summed E-state index contributed by atoms with van der Waals surface area (Å²) in [5.41, 5.74) is -0.361. The van der Waals surface area contributed by atoms with E-state index < -0.39 is 5.60 Å². The zero-order chi connectivity index (χ0) is 16.2. The first-order valence-corrected chi connectivity index (χ1v) is 7.32. The zero-order valence-corrected chi connectivity index (χ0v) is 13.2. The molecule has 0 saturated carbocycles. The SMILES string of the molecule is C[C@H](NC(=O)NC[C@@](C)(O)c1ccco1)c1cccc(Cl)c1. The van der Waals surface area contributed by atoms with Crippen LogP contribution in [0.4, 0.5) is 4.79 Å². The Morgan fingerprint density at radius 3 is 2.82 bits per heavy atom. The maximum atomic E-state index is 11.9. The number of halogens is 1. The topological polar surface area (TPSA) is 74.5 Å². The van der Waals surface area contributed by atoms with Gasteiger partial charge in [0.05, 0.1) is 18.8 Å². The van der Waals surface area contributed by atoms with Gasteiger partial charge in [-0.05, 0) is 43.7 Å². The zero-order valence-electron chi connectivity index (χ0n) is 12.5. The lowest BCUT2D eigenvalue weighted by molar-refractivity contribution is 0.0366. The molecule has 0 saturated heterocycles. The number of carbonyl (C=O) groups is 1. The van der Waals surface area contributed by atoms with E-state index in [1.54, 1.807) is 31.2 Å². The highest BCUT2D eigenvalue weighted by Crippen LogP contribution is 2.20. The van der Waals surface area contributed by atoms with Crippen LogP contribution in [0.1, 0.15) is 31.2 Å². The van der Waals surface area contributed by atoms with Gasteiger partial charge in [-0.3, -0.25) is 0 Å². The van der Waals surface area contributed by atoms with Gasteiger partial charge in [-0.2, -0.15) is 0 Å². The van der Waals surface area contributed by atoms with Gasteiger partial charge in [-0.1, -0.05) is 23.7 Å². The van der Waals surface area contributed by atoms with Gasteiger partial charge in [-0.25, -0.2) is 4.79 Å². The van der Waals surface area contributed by atoms with Crippen molar-refractivity contribution in [3.8, 4) is 0 Å². The number of amides is 2. The van der Waals surface area contributed by atoms with Gasteiger partial charge in [0.2, 0.25) is 0 Å². The summed E-state index contributed by atoms with van der Waals surface area (Å²) >= 11 is 5.93. The van der Waals surface area contributed by atoms with E-state index in [9.17, 15) is 9.90 Å². The number of urea groups is 1. The van der Waals surface area contributed by atoms with Gasteiger partial charge in [0, 0.05) is 5.02 Å². The number of furan rings is 1. The van der Waals surface area contributed by atoms with Gasteiger partial charge >= 0.3 is 6.03 Å². The second kappa shape index (κ2) is 6.85. The minimum Gasteiger partial charge on any atom is -0.466 e. The van der Waals surface area contributed by atoms with Crippen molar-refractivity contribution in [1.29, 1.82) is 0 Å². The number of aliphatic hydroxyl groups is 1. The highest BCUT2D eigenvalue weighted by atomic mass is 35.5. The Hall–Kier alpha value is -1.98. The van der Waals surface area contributed by atoms with Crippen LogP contribution in [0, 0.1) is 0 Å². The van der Waals surface area contributed by atoms with Crippen LogP contribution in [-0.2, 0) is 5.60 Å². The average Bonchev–Trinajstić information content (AvgIpc) is 3.00. The lowest BCUT2D eigenvalue weighted by atomic mass is 10.0. The van der Waals surface area contributed by atoms with Crippen molar-refractivity contribution in [2.45, 2.75) is 25.5 Å². The van der Waals surface area contributed by atoms with Crippen LogP contribution in [-0.4, -0.2) is 17.7 Å². The fourth-order valence-electron chi connectivity index (χ4n) is 2.03. The third-order valence-corrected chi connectivity index (χ3v) is 3.58. The highest BCUT2D eigenvalue weighted by molar-refractivity contribution is 6.30. The number of carbonyl (C=O) groups excluding carboxylic acids is 1. The molecule has 2 rings (SSSR count). The van der Waals surface area contributed by atoms with Gasteiger partial charge in [0.25, 0.3) is 0 Å². The molecule has 5 nitrogen and oxygen atoms in total. The van der Waals surface area contributed by atoms with Crippen LogP contribution >= 0.6 is 11.6 Å². The summed E-state index contributed by atoms with van der Waals surface area (Å²) in [4.78, 5) is 11.9. The van der Waals surface area contributed by atoms with Crippen LogP contribution in [0.5, 0.6) is 0 Å². The summed E-state index contributed by atoms with van der Waals surface area (Å²) in [5, 5.41) is 16.3. The molecule has 0 spiro atoms. The molecule has 0 aliphatic heterocycles. The number of rotatable bonds is 5. The largest absolute Gasteiger partial charge is 0.466 e. The Morgan fingerprint density at radius 1 is 1.41 bits per heavy atom. The molecule has 0 fully saturated rings. The van der Waals surface area contributed by atoms with Gasteiger partial charge in [0.1, 0.15) is 11.4 Å². The Balaban J connectivity index is 1.88. The summed E-state index contributed by atoms with van der Waals surface area (Å²) in [6, 6.07) is 10.1. The second-order valence-electron chi connectivity index (χ2n) is 5.35. The van der Waals surface area contributed by atoms with Crippen molar-refractivity contribution in [2.24, 2.45) is 0 Å². The molecule has 1 aromatic heterocycles. The van der Waals surface area contributed by atoms with E-state index in [1.165, 1.54) is 6.26 Å². The molecule has 0 radical (unpaired) electrons. The molecule has 6 heteroatoms. The molecule has 3 N–H and O–H groups in total. The Bertz CT molecular complexity index is 626. The summed E-state index contributed by atoms with van der Waals surface area (Å²) in [7, 11) is 0. The Morgan fingerprint density at radius 2 is 2.18 bits per heavy atom. The molecule has 118 valence electrons. The fourth-order valence-corrected chi connectivity index (χ4v) is 2.23. The van der Waals surface area contributed by atoms with Crippen LogP contribution in [0.25, 0.3) is 0 Å². The number of hydrogen-bond donors (Lipinski definition) is 3. The van der Waals surface area contributed by atoms with E-state index in [-0.39, 0.29) is 18.6 Å². The molecule has 2 atom stereocenters. The Labute approximate surface area is 134 Å². The monoisotopic (exact) mass is 322 g/mol. The lowest BCUT2D eigenvalue weighted by Gasteiger charge is -2.22. The quantitative estimate of drug-likeness (QED) is 0.791. The second-order valence-corrected chi connectivity index (χ2v) is 5.79. The van der Waals surface area contributed by atoms with Crippen LogP contribution in [0.3, 0.4) is 0 Å². The third kappa shape index (κ3) is 4.26. The predicted molar refractivity (Wildman–Crippen MR) is 84.7 cm³/mol. The molecule has 1 heterocycles. The predicted octanol–water partition coefficient (Wildman–Crippen LogP) is 3.20. The minimum absolute atomic E-state index is 0.0363. The van der Waals surface area contributed by atoms with Crippen molar-refractivity contribution in [2.75, 3.05) is 6.54 Å². The summed E-state index contributed by atoms with van der Waals surface area (Å²) in [5.74, 6) is 0.399. The molecule has 1 aromatic carbocycles. The van der Waals surface area contributed by atoms with Crippen molar-refractivity contribution in [3.05, 3.63) is 59.0 Å². The maximum Gasteiger partial charge on any atom is 0.315 e. The van der Waals surface area contributed by atoms with Crippen molar-refractivity contribution < 1.29 is 14.3 Å². The van der Waals surface area contributed by atoms with E-state index in [2.05, 4.69) is 10.6 Å². The molecule has 0 unspecified atom stereocenters. The molecule has 0 aliphatic carbocycles. The number of benzene rings is 1. The van der Waals surface area contributed by atoms with E-state index in [4.69, 9.17) is 16.0 Å². The first-order chi connectivity index (χ1) is 10.4. The van der Waals surface area contributed by atoms with Crippen molar-refractivity contribution in [1.82, 2.24) is 10.6 Å². The van der Waals surface area contributed by atoms with Crippen LogP contribution in [0.2, 0.25) is 5.02 Å². The van der Waals surface area contributed by atoms with E-state index in [1.807, 2.05) is 19.1 Å². The maximum absolute atomic E-state index is 11.9. The molecule has 2 amide bonds. The van der Waals surface area contributed by atoms with Crippen LogP contribution in [0.15, 0.2) is 47.1 Å². The Kier molecular flexibility index (Phi) is 5.11. The van der Waals surface area contributed by atoms with Gasteiger partial charge in [0.15, 0.2) is 0 Å². The lowest BCUT2D eigenvalue weighted by Crippen LogP contribution is -2.44. The van der Waals surface area contributed by atoms with E-state index in [0.29, 0.717) is 10.8 Å². The van der Waals surface area contributed by atoms with Crippen molar-refractivity contribution in [3.63, 3.8) is 0 Å². The standard InChI is InChI=1S/C16H19ClN2O3/c1-11(12-5-3-6-13(17)9-12)19-15(20)18-10-16(2,21)14-7-4-8-22-14/h3-9,11,21H,10H2,1-2H3,(H2,18,19,20)/t11-,16+/m0/s1. The first-order valence-electron chi connectivity index (χ1n) is 6.95. The smallest absolute Gasteiger partial charge is 0.315 e. The summed E-state index contributed by atoms with van der Waals surface area (Å²) in [6.45, 7) is 3.47. The molecule has 0 bridgehead atoms. The number of hydrogen-bond acceptors (Lipinski definition) is 3. The third-order valence-electron chi connectivity index (χ3n) is 3.34. The number of nitrogens with one attached hydrogen (secondary N) is 2. The van der Waals surface area contributed by atoms with E-state index >= 15 is 0 Å². The van der Waals surface area contributed by atoms with E-state index in [0.717, 1.165) is 5.56 Å². The van der Waals surface area contributed by atoms with Gasteiger partial charge < -0.3 is 20.2 Å². The molecule has 2 aromatic rings. The summed E-state index contributed by atoms with van der Waals surface area (Å²) < 4.78 is 5.16. The fraction of sp³-hybridized carbons (Fsp3) is 0.312. The molecular formula is C16H19ClN2O3. The van der Waals surface area contributed by atoms with Crippen LogP contribution < -0.4 is 10.6 Å². The minimum atomic E-state index is -1.26. The molecular weight excluding hydrogens is 304 g/mol. The highest BCUT2D eigenvalue weighted by Gasteiger charge is 2.27. The van der Waals surface area contributed by atoms with Gasteiger partial charge in [-0.15, -0.1) is 0 Å². The normalized spacial score (nSPS) is 14.9. The van der Waals surface area contributed by atoms with Crippen molar-refractivity contribution >= 4 is 17.6 Å². The molecule has 22 heavy (non-hydrogen) atoms. The first kappa shape index (κ1) is 16.4.